The standard InChI is InChI=1S/C20H26O6/c1-9-6-20-11-4-5-19(25)8-18(11,7-10(19)2)12(15(22)23)13(20)17(3,14(9)21)16(24)26-20/h9,11-14,21,25H,2,4-8H2,1,3H3,(H,22,23)/t9-,11-,12-,13-,14+,17+,18+,19+,20-/m1/s1. The average Bonchev–Trinajstić information content (AvgIpc) is 2.96. The molecular formula is C20H26O6. The van der Waals surface area contributed by atoms with Crippen LogP contribution in [0.2, 0.25) is 0 Å². The number of hydrogen-bond acceptors (Lipinski definition) is 5. The van der Waals surface area contributed by atoms with Gasteiger partial charge in [-0.2, -0.15) is 0 Å². The van der Waals surface area contributed by atoms with Crippen LogP contribution in [-0.4, -0.2) is 44.6 Å². The molecule has 6 heteroatoms. The molecule has 1 aliphatic heterocycles. The minimum atomic E-state index is -1.21. The zero-order chi connectivity index (χ0) is 18.9. The highest BCUT2D eigenvalue weighted by atomic mass is 16.6. The number of aliphatic hydroxyl groups is 2. The van der Waals surface area contributed by atoms with Gasteiger partial charge < -0.3 is 20.1 Å². The maximum Gasteiger partial charge on any atom is 0.315 e. The van der Waals surface area contributed by atoms with Crippen LogP contribution in [-0.2, 0) is 14.3 Å². The number of carboxylic acid groups (broad SMARTS) is 1. The van der Waals surface area contributed by atoms with E-state index in [1.807, 2.05) is 6.92 Å². The molecule has 1 heterocycles. The van der Waals surface area contributed by atoms with Crippen LogP contribution < -0.4 is 0 Å². The van der Waals surface area contributed by atoms with Gasteiger partial charge in [0.25, 0.3) is 0 Å². The number of carbonyl (C=O) groups is 2. The molecule has 26 heavy (non-hydrogen) atoms. The number of fused-ring (bicyclic) bond motifs is 1. The molecule has 3 N–H and O–H groups in total. The van der Waals surface area contributed by atoms with Gasteiger partial charge in [-0.25, -0.2) is 0 Å². The Bertz CT molecular complexity index is 761. The molecule has 4 aliphatic carbocycles. The molecule has 0 aromatic carbocycles. The largest absolute Gasteiger partial charge is 0.481 e. The molecule has 0 amide bonds. The van der Waals surface area contributed by atoms with Crippen LogP contribution >= 0.6 is 0 Å². The molecule has 0 radical (unpaired) electrons. The highest BCUT2D eigenvalue weighted by Gasteiger charge is 2.85. The molecule has 4 bridgehead atoms. The summed E-state index contributed by atoms with van der Waals surface area (Å²) in [4.78, 5) is 25.4. The van der Waals surface area contributed by atoms with Crippen molar-refractivity contribution in [3.63, 3.8) is 0 Å². The van der Waals surface area contributed by atoms with Gasteiger partial charge in [-0.3, -0.25) is 9.59 Å². The van der Waals surface area contributed by atoms with E-state index in [0.717, 1.165) is 0 Å². The van der Waals surface area contributed by atoms with E-state index >= 15 is 0 Å². The Morgan fingerprint density at radius 3 is 2.73 bits per heavy atom. The van der Waals surface area contributed by atoms with Gasteiger partial charge in [0.15, 0.2) is 0 Å². The van der Waals surface area contributed by atoms with Gasteiger partial charge >= 0.3 is 11.9 Å². The Hall–Kier alpha value is -1.40. The van der Waals surface area contributed by atoms with Crippen LogP contribution in [0.1, 0.15) is 46.0 Å². The monoisotopic (exact) mass is 362 g/mol. The summed E-state index contributed by atoms with van der Waals surface area (Å²) < 4.78 is 6.03. The van der Waals surface area contributed by atoms with Crippen molar-refractivity contribution in [1.82, 2.24) is 0 Å². The SMILES string of the molecule is C=C1C[C@]23C[C@@]1(O)CC[C@H]2[C@@]12C[C@@H](C)[C@H](O)[C@@](C)(C(=O)O1)[C@H]2[C@@H]3C(=O)O. The number of aliphatic hydroxyl groups excluding tert-OH is 1. The first-order valence-electron chi connectivity index (χ1n) is 9.58. The lowest BCUT2D eigenvalue weighted by Crippen LogP contribution is -2.56. The number of rotatable bonds is 1. The van der Waals surface area contributed by atoms with Crippen LogP contribution in [0.5, 0.6) is 0 Å². The van der Waals surface area contributed by atoms with Crippen molar-refractivity contribution in [2.24, 2.45) is 34.5 Å². The third-order valence-electron chi connectivity index (χ3n) is 8.86. The van der Waals surface area contributed by atoms with E-state index in [9.17, 15) is 24.9 Å². The quantitative estimate of drug-likeness (QED) is 0.482. The Labute approximate surface area is 152 Å². The molecule has 0 aromatic heterocycles. The molecular weight excluding hydrogens is 336 g/mol. The topological polar surface area (TPSA) is 104 Å². The van der Waals surface area contributed by atoms with E-state index in [1.54, 1.807) is 6.92 Å². The molecule has 0 unspecified atom stereocenters. The summed E-state index contributed by atoms with van der Waals surface area (Å²) in [7, 11) is 0. The van der Waals surface area contributed by atoms with Crippen LogP contribution in [0.4, 0.5) is 0 Å². The van der Waals surface area contributed by atoms with E-state index in [1.165, 1.54) is 0 Å². The molecule has 1 saturated heterocycles. The van der Waals surface area contributed by atoms with Crippen LogP contribution in [0, 0.1) is 34.5 Å². The third-order valence-corrected chi connectivity index (χ3v) is 8.86. The maximum atomic E-state index is 12.9. The van der Waals surface area contributed by atoms with Crippen molar-refractivity contribution in [3.8, 4) is 0 Å². The predicted octanol–water partition coefficient (Wildman–Crippen LogP) is 1.50. The summed E-state index contributed by atoms with van der Waals surface area (Å²) >= 11 is 0. The summed E-state index contributed by atoms with van der Waals surface area (Å²) in [6, 6.07) is 0. The fourth-order valence-corrected chi connectivity index (χ4v) is 8.08. The van der Waals surface area contributed by atoms with Gasteiger partial charge in [-0.05, 0) is 55.9 Å². The Morgan fingerprint density at radius 1 is 1.38 bits per heavy atom. The first kappa shape index (κ1) is 16.8. The van der Waals surface area contributed by atoms with Gasteiger partial charge in [0.2, 0.25) is 0 Å². The summed E-state index contributed by atoms with van der Waals surface area (Å²) in [6.45, 7) is 7.65. The highest BCUT2D eigenvalue weighted by Crippen LogP contribution is 2.78. The normalized spacial score (nSPS) is 59.8. The Kier molecular flexibility index (Phi) is 2.81. The molecule has 4 saturated carbocycles. The van der Waals surface area contributed by atoms with E-state index < -0.39 is 51.9 Å². The van der Waals surface area contributed by atoms with Gasteiger partial charge in [0.05, 0.1) is 23.0 Å². The molecule has 1 spiro atoms. The first-order chi connectivity index (χ1) is 12.0. The second-order valence-corrected chi connectivity index (χ2v) is 9.86. The molecule has 5 rings (SSSR count). The molecule has 5 aliphatic rings. The van der Waals surface area contributed by atoms with E-state index in [4.69, 9.17) is 4.74 Å². The van der Waals surface area contributed by atoms with Gasteiger partial charge in [-0.15, -0.1) is 0 Å². The van der Waals surface area contributed by atoms with Crippen molar-refractivity contribution in [3.05, 3.63) is 12.2 Å². The van der Waals surface area contributed by atoms with E-state index in [0.29, 0.717) is 37.7 Å². The number of ether oxygens (including phenoxy) is 1. The number of hydrogen-bond donors (Lipinski definition) is 3. The van der Waals surface area contributed by atoms with E-state index in [2.05, 4.69) is 6.58 Å². The highest BCUT2D eigenvalue weighted by molar-refractivity contribution is 5.85. The molecule has 0 aromatic rings. The van der Waals surface area contributed by atoms with E-state index in [-0.39, 0.29) is 11.8 Å². The van der Waals surface area contributed by atoms with Crippen LogP contribution in [0.15, 0.2) is 12.2 Å². The number of esters is 1. The molecule has 6 nitrogen and oxygen atoms in total. The minimum Gasteiger partial charge on any atom is -0.481 e. The lowest BCUT2D eigenvalue weighted by Gasteiger charge is -2.47. The number of aliphatic carboxylic acids is 1. The molecule has 5 fully saturated rings. The summed E-state index contributed by atoms with van der Waals surface area (Å²) in [5.41, 5.74) is -3.01. The first-order valence-corrected chi connectivity index (χ1v) is 9.58. The number of carboxylic acids is 1. The van der Waals surface area contributed by atoms with Gasteiger partial charge in [0, 0.05) is 11.8 Å². The van der Waals surface area contributed by atoms with Crippen molar-refractivity contribution in [2.75, 3.05) is 0 Å². The van der Waals surface area contributed by atoms with Crippen molar-refractivity contribution in [1.29, 1.82) is 0 Å². The van der Waals surface area contributed by atoms with Gasteiger partial charge in [0.1, 0.15) is 5.60 Å². The van der Waals surface area contributed by atoms with Crippen molar-refractivity contribution < 1.29 is 29.6 Å². The second kappa shape index (κ2) is 4.36. The Morgan fingerprint density at radius 2 is 2.08 bits per heavy atom. The van der Waals surface area contributed by atoms with Gasteiger partial charge in [-0.1, -0.05) is 13.5 Å². The molecule has 9 atom stereocenters. The Balaban J connectivity index is 1.77. The second-order valence-electron chi connectivity index (χ2n) is 9.86. The summed E-state index contributed by atoms with van der Waals surface area (Å²) in [5, 5.41) is 32.1. The van der Waals surface area contributed by atoms with Crippen molar-refractivity contribution in [2.45, 2.75) is 63.3 Å². The minimum absolute atomic E-state index is 0.110. The zero-order valence-electron chi connectivity index (χ0n) is 15.2. The maximum absolute atomic E-state index is 12.9. The predicted molar refractivity (Wildman–Crippen MR) is 89.8 cm³/mol. The smallest absolute Gasteiger partial charge is 0.315 e. The zero-order valence-corrected chi connectivity index (χ0v) is 15.2. The van der Waals surface area contributed by atoms with Crippen LogP contribution in [0.25, 0.3) is 0 Å². The summed E-state index contributed by atoms with van der Waals surface area (Å²) in [5.74, 6) is -3.05. The number of carbonyl (C=O) groups excluding carboxylic acids is 1. The molecule has 142 valence electrons. The summed E-state index contributed by atoms with van der Waals surface area (Å²) in [6.07, 6.45) is 1.56. The fourth-order valence-electron chi connectivity index (χ4n) is 8.08. The average molecular weight is 362 g/mol. The van der Waals surface area contributed by atoms with Crippen molar-refractivity contribution >= 4 is 11.9 Å². The fraction of sp³-hybridized carbons (Fsp3) is 0.800. The lowest BCUT2D eigenvalue weighted by atomic mass is 9.56. The third kappa shape index (κ3) is 1.44. The lowest BCUT2D eigenvalue weighted by molar-refractivity contribution is -0.164. The van der Waals surface area contributed by atoms with Crippen LogP contribution in [0.3, 0.4) is 0 Å².